The van der Waals surface area contributed by atoms with E-state index in [0.717, 1.165) is 54.2 Å². The lowest BCUT2D eigenvalue weighted by molar-refractivity contribution is -0.142. The van der Waals surface area contributed by atoms with Crippen molar-refractivity contribution >= 4 is 41.0 Å². The predicted molar refractivity (Wildman–Crippen MR) is 184 cm³/mol. The first-order chi connectivity index (χ1) is 22.7. The Balaban J connectivity index is 1.10. The van der Waals surface area contributed by atoms with Crippen LogP contribution in [0.3, 0.4) is 0 Å². The highest BCUT2D eigenvalue weighted by atomic mass is 35.5. The van der Waals surface area contributed by atoms with Crippen molar-refractivity contribution in [3.8, 4) is 0 Å². The summed E-state index contributed by atoms with van der Waals surface area (Å²) in [5, 5.41) is 3.44. The van der Waals surface area contributed by atoms with Crippen LogP contribution in [-0.2, 0) is 28.9 Å². The summed E-state index contributed by atoms with van der Waals surface area (Å²) < 4.78 is 6.08. The molecule has 3 fully saturated rings. The fourth-order valence-electron chi connectivity index (χ4n) is 7.91. The summed E-state index contributed by atoms with van der Waals surface area (Å²) in [6.07, 6.45) is 5.17. The number of ether oxygens (including phenoxy) is 1. The number of benzene rings is 2. The van der Waals surface area contributed by atoms with E-state index in [1.807, 2.05) is 47.1 Å². The lowest BCUT2D eigenvalue weighted by Crippen LogP contribution is -2.52. The smallest absolute Gasteiger partial charge is 0.410 e. The van der Waals surface area contributed by atoms with Gasteiger partial charge in [-0.2, -0.15) is 0 Å². The maximum Gasteiger partial charge on any atom is 0.410 e. The van der Waals surface area contributed by atoms with Gasteiger partial charge < -0.3 is 35.4 Å². The Hall–Kier alpha value is -3.50. The summed E-state index contributed by atoms with van der Waals surface area (Å²) in [6.45, 7) is 7.10. The molecule has 3 N–H and O–H groups in total. The van der Waals surface area contributed by atoms with Gasteiger partial charge in [-0.1, -0.05) is 42.8 Å². The lowest BCUT2D eigenvalue weighted by atomic mass is 9.79. The number of aryl methyl sites for hydroxylation is 1. The Kier molecular flexibility index (Phi) is 10.5. The zero-order chi connectivity index (χ0) is 33.1. The van der Waals surface area contributed by atoms with Crippen LogP contribution < -0.4 is 11.1 Å². The monoisotopic (exact) mass is 664 g/mol. The highest BCUT2D eigenvalue weighted by Crippen LogP contribution is 2.33. The van der Waals surface area contributed by atoms with E-state index in [1.54, 1.807) is 11.0 Å². The van der Waals surface area contributed by atoms with Crippen molar-refractivity contribution in [1.82, 2.24) is 19.6 Å². The van der Waals surface area contributed by atoms with Crippen molar-refractivity contribution in [1.29, 1.82) is 0 Å². The maximum absolute atomic E-state index is 14.1. The number of para-hydroxylation sites is 1. The lowest BCUT2D eigenvalue weighted by Gasteiger charge is -2.41. The fraction of sp³-hybridized carbons (Fsp3) is 0.583. The van der Waals surface area contributed by atoms with Gasteiger partial charge in [-0.05, 0) is 106 Å². The molecule has 11 heteroatoms. The number of carbonyl (C=O) groups is 3. The van der Waals surface area contributed by atoms with Crippen molar-refractivity contribution in [2.75, 3.05) is 57.4 Å². The summed E-state index contributed by atoms with van der Waals surface area (Å²) in [5.41, 5.74) is 10.4. The molecule has 4 aliphatic heterocycles. The number of fused-ring (bicyclic) bond motifs is 1. The van der Waals surface area contributed by atoms with Crippen LogP contribution in [0, 0.1) is 11.8 Å². The van der Waals surface area contributed by atoms with Gasteiger partial charge >= 0.3 is 12.1 Å². The molecule has 0 spiro atoms. The van der Waals surface area contributed by atoms with Crippen molar-refractivity contribution < 1.29 is 19.1 Å². The van der Waals surface area contributed by atoms with Crippen LogP contribution in [0.4, 0.5) is 21.0 Å². The van der Waals surface area contributed by atoms with Gasteiger partial charge in [0, 0.05) is 50.9 Å². The number of rotatable bonds is 7. The Morgan fingerprint density at radius 3 is 2.28 bits per heavy atom. The van der Waals surface area contributed by atoms with Gasteiger partial charge in [-0.15, -0.1) is 0 Å². The zero-order valence-corrected chi connectivity index (χ0v) is 28.5. The second-order valence-corrected chi connectivity index (χ2v) is 14.2. The topological polar surface area (TPSA) is 111 Å². The summed E-state index contributed by atoms with van der Waals surface area (Å²) in [7, 11) is 2.19. The Labute approximate surface area is 283 Å². The molecule has 0 radical (unpaired) electrons. The molecule has 47 heavy (non-hydrogen) atoms. The molecule has 0 unspecified atom stereocenters. The number of hydrogen-bond donors (Lipinski definition) is 2. The van der Waals surface area contributed by atoms with E-state index in [-0.39, 0.29) is 24.4 Å². The second-order valence-electron chi connectivity index (χ2n) is 13.8. The number of anilines is 2. The minimum Gasteiger partial charge on any atom is -0.436 e. The molecule has 1 atom stereocenters. The van der Waals surface area contributed by atoms with Crippen LogP contribution in [0.25, 0.3) is 0 Å². The zero-order valence-electron chi connectivity index (χ0n) is 27.8. The minimum absolute atomic E-state index is 0.0140. The van der Waals surface area contributed by atoms with Gasteiger partial charge in [-0.25, -0.2) is 9.59 Å². The Bertz CT molecular complexity index is 1450. The number of nitrogens with one attached hydrogen (secondary N) is 1. The molecule has 4 aliphatic rings. The normalized spacial score (nSPS) is 20.9. The number of urea groups is 1. The Morgan fingerprint density at radius 1 is 0.957 bits per heavy atom. The van der Waals surface area contributed by atoms with Crippen LogP contribution in [0.1, 0.15) is 62.1 Å². The molecule has 0 aliphatic carbocycles. The molecule has 0 bridgehead atoms. The van der Waals surface area contributed by atoms with Gasteiger partial charge in [0.25, 0.3) is 5.91 Å². The fourth-order valence-corrected chi connectivity index (χ4v) is 8.17. The van der Waals surface area contributed by atoms with Gasteiger partial charge in [0.05, 0.1) is 10.7 Å². The number of amides is 4. The molecular weight excluding hydrogens is 616 g/mol. The number of nitrogen functional groups attached to an aromatic ring is 1. The molecule has 3 saturated heterocycles. The minimum atomic E-state index is -0.964. The Morgan fingerprint density at radius 2 is 1.60 bits per heavy atom. The molecule has 0 saturated carbocycles. The first kappa shape index (κ1) is 33.4. The average Bonchev–Trinajstić information content (AvgIpc) is 3.09. The molecule has 4 amide bonds. The van der Waals surface area contributed by atoms with E-state index >= 15 is 0 Å². The molecule has 254 valence electrons. The van der Waals surface area contributed by atoms with Gasteiger partial charge in [0.15, 0.2) is 6.10 Å². The van der Waals surface area contributed by atoms with E-state index in [9.17, 15) is 14.4 Å². The van der Waals surface area contributed by atoms with Crippen molar-refractivity contribution in [2.45, 2.75) is 77.0 Å². The number of nitrogens with two attached hydrogens (primary N) is 1. The highest BCUT2D eigenvalue weighted by Gasteiger charge is 2.37. The molecule has 6 rings (SSSR count). The van der Waals surface area contributed by atoms with Crippen LogP contribution in [0.15, 0.2) is 36.4 Å². The standard InChI is InChI=1S/C36H49ClN6O4/c1-3-25-20-24(21-30(37)33(25)38)22-32(34(44)41-16-10-27(11-17-41)26-8-14-40(2)15-9-26)47-36(46)42-18-12-29(13-19-42)43-23-28-6-4-5-7-31(28)39-35(43)45/h4-7,20-21,26-27,29,32H,3,8-19,22-23,38H2,1-2H3,(H,39,45)/t32-/m1/s1. The summed E-state index contributed by atoms with van der Waals surface area (Å²) in [4.78, 5) is 48.4. The number of nitrogens with zero attached hydrogens (tertiary/aromatic N) is 4. The molecular formula is C36H49ClN6O4. The first-order valence-corrected chi connectivity index (χ1v) is 17.7. The highest BCUT2D eigenvalue weighted by molar-refractivity contribution is 6.33. The van der Waals surface area contributed by atoms with Crippen molar-refractivity contribution in [3.63, 3.8) is 0 Å². The van der Waals surface area contributed by atoms with E-state index in [1.165, 1.54) is 12.8 Å². The van der Waals surface area contributed by atoms with Gasteiger partial charge in [0.2, 0.25) is 0 Å². The van der Waals surface area contributed by atoms with E-state index in [2.05, 4.69) is 17.3 Å². The quantitative estimate of drug-likeness (QED) is 0.372. The number of carbonyl (C=O) groups excluding carboxylic acids is 3. The molecule has 4 heterocycles. The average molecular weight is 665 g/mol. The maximum atomic E-state index is 14.1. The second kappa shape index (κ2) is 14.7. The van der Waals surface area contributed by atoms with E-state index in [0.29, 0.717) is 68.6 Å². The van der Waals surface area contributed by atoms with Crippen LogP contribution in [0.5, 0.6) is 0 Å². The molecule has 10 nitrogen and oxygen atoms in total. The van der Waals surface area contributed by atoms with Crippen LogP contribution in [-0.4, -0.2) is 96.1 Å². The van der Waals surface area contributed by atoms with Crippen LogP contribution in [0.2, 0.25) is 5.02 Å². The number of hydrogen-bond acceptors (Lipinski definition) is 6. The third-order valence-electron chi connectivity index (χ3n) is 10.9. The molecule has 0 aromatic heterocycles. The molecule has 2 aromatic carbocycles. The van der Waals surface area contributed by atoms with E-state index < -0.39 is 12.2 Å². The predicted octanol–water partition coefficient (Wildman–Crippen LogP) is 5.62. The number of piperidine rings is 3. The summed E-state index contributed by atoms with van der Waals surface area (Å²) in [5.74, 6) is 1.20. The summed E-state index contributed by atoms with van der Waals surface area (Å²) in [6, 6.07) is 11.5. The van der Waals surface area contributed by atoms with Gasteiger partial charge in [-0.3, -0.25) is 4.79 Å². The van der Waals surface area contributed by atoms with E-state index in [4.69, 9.17) is 22.1 Å². The SMILES string of the molecule is CCc1cc(C[C@@H](OC(=O)N2CCC(N3Cc4ccccc4NC3=O)CC2)C(=O)N2CCC(C3CCN(C)CC3)CC2)cc(Cl)c1N. The van der Waals surface area contributed by atoms with Crippen LogP contribution >= 0.6 is 11.6 Å². The van der Waals surface area contributed by atoms with Crippen molar-refractivity contribution in [2.24, 2.45) is 11.8 Å². The third kappa shape index (κ3) is 7.64. The van der Waals surface area contributed by atoms with Gasteiger partial charge in [0.1, 0.15) is 0 Å². The first-order valence-electron chi connectivity index (χ1n) is 17.3. The largest absolute Gasteiger partial charge is 0.436 e. The third-order valence-corrected chi connectivity index (χ3v) is 11.2. The number of halogens is 1. The van der Waals surface area contributed by atoms with Crippen molar-refractivity contribution in [3.05, 3.63) is 58.1 Å². The summed E-state index contributed by atoms with van der Waals surface area (Å²) >= 11 is 6.48. The molecule has 2 aromatic rings. The number of likely N-dealkylation sites (tertiary alicyclic amines) is 3.